The van der Waals surface area contributed by atoms with Crippen molar-refractivity contribution < 1.29 is 22.7 Å². The largest absolute Gasteiger partial charge is 0.416 e. The van der Waals surface area contributed by atoms with Crippen LogP contribution < -0.4 is 10.6 Å². The van der Waals surface area contributed by atoms with E-state index in [0.29, 0.717) is 18.3 Å². The predicted molar refractivity (Wildman–Crippen MR) is 98.4 cm³/mol. The molecule has 2 aromatic heterocycles. The summed E-state index contributed by atoms with van der Waals surface area (Å²) in [6, 6.07) is 2.17. The average Bonchev–Trinajstić information content (AvgIpc) is 3.09. The Kier molecular flexibility index (Phi) is 6.18. The Balaban J connectivity index is 1.73. The highest BCUT2D eigenvalue weighted by Crippen LogP contribution is 2.31. The smallest absolute Gasteiger partial charge is 0.394 e. The molecule has 3 aromatic rings. The molecule has 154 valence electrons. The van der Waals surface area contributed by atoms with E-state index in [2.05, 4.69) is 25.7 Å². The molecule has 1 aromatic carbocycles. The van der Waals surface area contributed by atoms with Gasteiger partial charge in [-0.1, -0.05) is 11.6 Å². The van der Waals surface area contributed by atoms with Gasteiger partial charge in [0.15, 0.2) is 5.82 Å². The van der Waals surface area contributed by atoms with E-state index in [4.69, 9.17) is 16.7 Å². The van der Waals surface area contributed by atoms with Gasteiger partial charge in [0.1, 0.15) is 10.8 Å². The molecule has 0 radical (unpaired) electrons. The summed E-state index contributed by atoms with van der Waals surface area (Å²) in [4.78, 5) is 8.15. The molecular formula is C17H15ClF4N6O. The molecule has 0 saturated carbocycles. The maximum Gasteiger partial charge on any atom is 0.416 e. The monoisotopic (exact) mass is 430 g/mol. The topological polar surface area (TPSA) is 87.9 Å². The van der Waals surface area contributed by atoms with Crippen molar-refractivity contribution in [3.05, 3.63) is 58.8 Å². The lowest BCUT2D eigenvalue weighted by Gasteiger charge is -2.12. The molecule has 0 spiro atoms. The summed E-state index contributed by atoms with van der Waals surface area (Å²) in [6.45, 7) is -0.0163. The Morgan fingerprint density at radius 2 is 2.00 bits per heavy atom. The normalized spacial score (nSPS) is 11.5. The lowest BCUT2D eigenvalue weighted by atomic mass is 10.1. The molecule has 0 aliphatic carbocycles. The summed E-state index contributed by atoms with van der Waals surface area (Å²) in [5, 5.41) is 18.6. The molecule has 0 unspecified atom stereocenters. The van der Waals surface area contributed by atoms with Crippen molar-refractivity contribution >= 4 is 29.1 Å². The van der Waals surface area contributed by atoms with Gasteiger partial charge < -0.3 is 15.7 Å². The molecule has 29 heavy (non-hydrogen) atoms. The number of hydrogen-bond acceptors (Lipinski definition) is 6. The van der Waals surface area contributed by atoms with Gasteiger partial charge in [-0.15, -0.1) is 0 Å². The van der Waals surface area contributed by atoms with Crippen LogP contribution in [0.25, 0.3) is 0 Å². The highest BCUT2D eigenvalue weighted by atomic mass is 35.5. The van der Waals surface area contributed by atoms with E-state index in [1.165, 1.54) is 17.1 Å². The van der Waals surface area contributed by atoms with Gasteiger partial charge in [0.2, 0.25) is 5.95 Å². The van der Waals surface area contributed by atoms with Crippen molar-refractivity contribution in [3.8, 4) is 0 Å². The Bertz CT molecular complexity index is 994. The number of halogens is 5. The fourth-order valence-electron chi connectivity index (χ4n) is 2.40. The predicted octanol–water partition coefficient (Wildman–Crippen LogP) is 3.83. The lowest BCUT2D eigenvalue weighted by molar-refractivity contribution is -0.137. The van der Waals surface area contributed by atoms with E-state index >= 15 is 0 Å². The van der Waals surface area contributed by atoms with Crippen LogP contribution >= 0.6 is 11.6 Å². The number of aliphatic hydroxyl groups is 1. The van der Waals surface area contributed by atoms with Gasteiger partial charge in [0, 0.05) is 18.3 Å². The van der Waals surface area contributed by atoms with Crippen LogP contribution in [-0.2, 0) is 19.3 Å². The summed E-state index contributed by atoms with van der Waals surface area (Å²) in [5.41, 5.74) is -0.586. The molecule has 0 bridgehead atoms. The number of nitrogens with zero attached hydrogens (tertiary/aromatic N) is 4. The Labute approximate surface area is 167 Å². The number of aromatic nitrogens is 4. The zero-order chi connectivity index (χ0) is 21.0. The lowest BCUT2D eigenvalue weighted by Crippen LogP contribution is -2.10. The second-order valence-electron chi connectivity index (χ2n) is 5.89. The molecule has 0 fully saturated rings. The standard InChI is InChI=1S/C17H15ClF4N6O/c18-13-8-24-16(26-12-7-25-28(9-12)3-4-29)27-15(13)23-6-10-5-11(17(20,21)22)1-2-14(10)19/h1-2,5,7-9,29H,3-4,6H2,(H2,23,24,26,27). The zero-order valence-electron chi connectivity index (χ0n) is 14.7. The van der Waals surface area contributed by atoms with E-state index in [1.54, 1.807) is 6.20 Å². The number of rotatable bonds is 7. The van der Waals surface area contributed by atoms with Crippen LogP contribution in [0.3, 0.4) is 0 Å². The first kappa shape index (κ1) is 20.8. The van der Waals surface area contributed by atoms with Gasteiger partial charge in [0.05, 0.1) is 36.8 Å². The zero-order valence-corrected chi connectivity index (χ0v) is 15.5. The number of anilines is 3. The minimum atomic E-state index is -4.58. The highest BCUT2D eigenvalue weighted by molar-refractivity contribution is 6.32. The summed E-state index contributed by atoms with van der Waals surface area (Å²) in [5.74, 6) is -0.529. The quantitative estimate of drug-likeness (QED) is 0.494. The van der Waals surface area contributed by atoms with Gasteiger partial charge in [-0.2, -0.15) is 23.3 Å². The number of nitrogens with one attached hydrogen (secondary N) is 2. The maximum atomic E-state index is 13.9. The third kappa shape index (κ3) is 5.33. The highest BCUT2D eigenvalue weighted by Gasteiger charge is 2.31. The molecule has 3 rings (SSSR count). The van der Waals surface area contributed by atoms with Crippen molar-refractivity contribution in [2.45, 2.75) is 19.3 Å². The van der Waals surface area contributed by atoms with Crippen LogP contribution in [-0.4, -0.2) is 31.5 Å². The Morgan fingerprint density at radius 3 is 2.72 bits per heavy atom. The van der Waals surface area contributed by atoms with E-state index in [-0.39, 0.29) is 35.5 Å². The number of alkyl halides is 3. The fourth-order valence-corrected chi connectivity index (χ4v) is 2.56. The maximum absolute atomic E-state index is 13.9. The van der Waals surface area contributed by atoms with E-state index in [1.807, 2.05) is 0 Å². The van der Waals surface area contributed by atoms with Crippen LogP contribution in [0.4, 0.5) is 35.0 Å². The first-order valence-corrected chi connectivity index (χ1v) is 8.66. The van der Waals surface area contributed by atoms with Crippen molar-refractivity contribution in [1.82, 2.24) is 19.7 Å². The van der Waals surface area contributed by atoms with Crippen LogP contribution in [0.5, 0.6) is 0 Å². The minimum absolute atomic E-state index is 0.0707. The fraction of sp³-hybridized carbons (Fsp3) is 0.235. The molecule has 0 saturated heterocycles. The van der Waals surface area contributed by atoms with Gasteiger partial charge in [-0.05, 0) is 18.2 Å². The summed E-state index contributed by atoms with van der Waals surface area (Å²) < 4.78 is 53.9. The van der Waals surface area contributed by atoms with Crippen LogP contribution in [0.1, 0.15) is 11.1 Å². The van der Waals surface area contributed by atoms with Crippen LogP contribution in [0.15, 0.2) is 36.8 Å². The minimum Gasteiger partial charge on any atom is -0.394 e. The van der Waals surface area contributed by atoms with Gasteiger partial charge in [-0.3, -0.25) is 4.68 Å². The first-order valence-electron chi connectivity index (χ1n) is 8.28. The second kappa shape index (κ2) is 8.62. The number of aliphatic hydroxyl groups excluding tert-OH is 1. The third-order valence-electron chi connectivity index (χ3n) is 3.78. The molecule has 12 heteroatoms. The van der Waals surface area contributed by atoms with E-state index < -0.39 is 17.6 Å². The van der Waals surface area contributed by atoms with Gasteiger partial charge in [-0.25, -0.2) is 9.37 Å². The Hall–Kier alpha value is -2.92. The molecule has 2 heterocycles. The first-order chi connectivity index (χ1) is 13.8. The van der Waals surface area contributed by atoms with Gasteiger partial charge in [0.25, 0.3) is 0 Å². The molecule has 7 nitrogen and oxygen atoms in total. The Morgan fingerprint density at radius 1 is 1.21 bits per heavy atom. The summed E-state index contributed by atoms with van der Waals surface area (Å²) in [7, 11) is 0. The third-order valence-corrected chi connectivity index (χ3v) is 4.06. The molecular weight excluding hydrogens is 416 g/mol. The van der Waals surface area contributed by atoms with Crippen molar-refractivity contribution in [2.75, 3.05) is 17.2 Å². The van der Waals surface area contributed by atoms with E-state index in [0.717, 1.165) is 12.1 Å². The SMILES string of the molecule is OCCn1cc(Nc2ncc(Cl)c(NCc3cc(C(F)(F)F)ccc3F)n2)cn1. The number of benzene rings is 1. The van der Waals surface area contributed by atoms with Crippen molar-refractivity contribution in [2.24, 2.45) is 0 Å². The molecule has 0 aliphatic rings. The average molecular weight is 431 g/mol. The van der Waals surface area contributed by atoms with E-state index in [9.17, 15) is 17.6 Å². The summed E-state index contributed by atoms with van der Waals surface area (Å²) >= 11 is 6.02. The van der Waals surface area contributed by atoms with Crippen LogP contribution in [0.2, 0.25) is 5.02 Å². The number of hydrogen-bond donors (Lipinski definition) is 3. The molecule has 3 N–H and O–H groups in total. The molecule has 0 atom stereocenters. The van der Waals surface area contributed by atoms with Gasteiger partial charge >= 0.3 is 6.18 Å². The van der Waals surface area contributed by atoms with Crippen molar-refractivity contribution in [1.29, 1.82) is 0 Å². The van der Waals surface area contributed by atoms with Crippen molar-refractivity contribution in [3.63, 3.8) is 0 Å². The molecule has 0 amide bonds. The summed E-state index contributed by atoms with van der Waals surface area (Å²) in [6.07, 6.45) is -0.162. The van der Waals surface area contributed by atoms with Crippen LogP contribution in [0, 0.1) is 5.82 Å². The molecule has 0 aliphatic heterocycles. The second-order valence-corrected chi connectivity index (χ2v) is 6.30.